The molecule has 136 valence electrons. The fourth-order valence-electron chi connectivity index (χ4n) is 5.43. The second-order valence-corrected chi connectivity index (χ2v) is 8.82. The molecule has 3 aliphatic rings. The van der Waals surface area contributed by atoms with E-state index in [1.807, 2.05) is 29.2 Å². The zero-order valence-electron chi connectivity index (χ0n) is 15.3. The highest BCUT2D eigenvalue weighted by Crippen LogP contribution is 2.72. The van der Waals surface area contributed by atoms with Crippen molar-refractivity contribution in [2.45, 2.75) is 56.9 Å². The van der Waals surface area contributed by atoms with Crippen molar-refractivity contribution in [3.05, 3.63) is 54.4 Å². The highest BCUT2D eigenvalue weighted by atomic mass is 16.2. The predicted octanol–water partition coefficient (Wildman–Crippen LogP) is 3.68. The highest BCUT2D eigenvalue weighted by Gasteiger charge is 2.72. The van der Waals surface area contributed by atoms with Crippen LogP contribution in [0.4, 0.5) is 0 Å². The highest BCUT2D eigenvalue weighted by molar-refractivity contribution is 5.93. The lowest BCUT2D eigenvalue weighted by Crippen LogP contribution is -2.41. The van der Waals surface area contributed by atoms with Crippen LogP contribution in [0.3, 0.4) is 0 Å². The van der Waals surface area contributed by atoms with Gasteiger partial charge in [0.2, 0.25) is 5.91 Å². The first kappa shape index (κ1) is 16.1. The van der Waals surface area contributed by atoms with Crippen LogP contribution in [0.2, 0.25) is 0 Å². The van der Waals surface area contributed by atoms with Gasteiger partial charge in [-0.05, 0) is 49.1 Å². The molecular formula is C22H27N3O. The molecule has 2 aromatic rings. The number of benzene rings is 1. The lowest BCUT2D eigenvalue weighted by molar-refractivity contribution is -0.124. The van der Waals surface area contributed by atoms with E-state index < -0.39 is 0 Å². The van der Waals surface area contributed by atoms with Crippen LogP contribution in [0.25, 0.3) is 0 Å². The average Bonchev–Trinajstić information content (AvgIpc) is 3.37. The Labute approximate surface area is 155 Å². The van der Waals surface area contributed by atoms with Gasteiger partial charge in [-0.3, -0.25) is 9.48 Å². The molecule has 0 saturated heterocycles. The Kier molecular flexibility index (Phi) is 3.53. The van der Waals surface area contributed by atoms with E-state index in [2.05, 4.69) is 34.7 Å². The van der Waals surface area contributed by atoms with Gasteiger partial charge >= 0.3 is 0 Å². The first-order valence-corrected chi connectivity index (χ1v) is 10.00. The maximum Gasteiger partial charge on any atom is 0.231 e. The molecular weight excluding hydrogens is 322 g/mol. The molecule has 1 amide bonds. The fourth-order valence-corrected chi connectivity index (χ4v) is 5.43. The second-order valence-electron chi connectivity index (χ2n) is 8.82. The van der Waals surface area contributed by atoms with Gasteiger partial charge in [-0.2, -0.15) is 5.10 Å². The van der Waals surface area contributed by atoms with Gasteiger partial charge < -0.3 is 5.32 Å². The second kappa shape index (κ2) is 5.70. The third-order valence-corrected chi connectivity index (χ3v) is 7.24. The van der Waals surface area contributed by atoms with E-state index in [4.69, 9.17) is 0 Å². The van der Waals surface area contributed by atoms with Crippen molar-refractivity contribution in [1.29, 1.82) is 0 Å². The van der Waals surface area contributed by atoms with E-state index in [1.165, 1.54) is 44.1 Å². The number of aromatic nitrogens is 2. The molecule has 1 heterocycles. The average molecular weight is 349 g/mol. The minimum Gasteiger partial charge on any atom is -0.355 e. The SMILES string of the molecule is O=C(NCC1(Cn2cccn2)CC1)C1(c2ccccc2)CC12CCCC2. The Morgan fingerprint density at radius 2 is 1.85 bits per heavy atom. The number of carbonyl (C=O) groups is 1. The molecule has 0 aliphatic heterocycles. The summed E-state index contributed by atoms with van der Waals surface area (Å²) in [6, 6.07) is 12.5. The normalized spacial score (nSPS) is 27.4. The molecule has 1 N–H and O–H groups in total. The van der Waals surface area contributed by atoms with Crippen LogP contribution in [0.15, 0.2) is 48.8 Å². The smallest absolute Gasteiger partial charge is 0.231 e. The van der Waals surface area contributed by atoms with Crippen LogP contribution in [0, 0.1) is 10.8 Å². The van der Waals surface area contributed by atoms with Gasteiger partial charge in [-0.15, -0.1) is 0 Å². The van der Waals surface area contributed by atoms with E-state index in [-0.39, 0.29) is 22.2 Å². The molecule has 5 rings (SSSR count). The van der Waals surface area contributed by atoms with E-state index in [1.54, 1.807) is 0 Å². The lowest BCUT2D eigenvalue weighted by atomic mass is 9.84. The van der Waals surface area contributed by atoms with Crippen LogP contribution >= 0.6 is 0 Å². The molecule has 1 atom stereocenters. The topological polar surface area (TPSA) is 46.9 Å². The molecule has 1 spiro atoms. The molecule has 3 saturated carbocycles. The van der Waals surface area contributed by atoms with Crippen molar-refractivity contribution >= 4 is 5.91 Å². The molecule has 0 radical (unpaired) electrons. The Morgan fingerprint density at radius 1 is 1.08 bits per heavy atom. The Morgan fingerprint density at radius 3 is 2.50 bits per heavy atom. The summed E-state index contributed by atoms with van der Waals surface area (Å²) in [4.78, 5) is 13.4. The number of rotatable bonds is 6. The molecule has 0 bridgehead atoms. The zero-order chi connectivity index (χ0) is 17.7. The number of nitrogens with zero attached hydrogens (tertiary/aromatic N) is 2. The molecule has 4 heteroatoms. The number of carbonyl (C=O) groups excluding carboxylic acids is 1. The summed E-state index contributed by atoms with van der Waals surface area (Å²) in [7, 11) is 0. The maximum absolute atomic E-state index is 13.4. The van der Waals surface area contributed by atoms with E-state index in [0.29, 0.717) is 0 Å². The van der Waals surface area contributed by atoms with Gasteiger partial charge in [0, 0.05) is 30.9 Å². The summed E-state index contributed by atoms with van der Waals surface area (Å²) in [5.74, 6) is 0.261. The van der Waals surface area contributed by atoms with Gasteiger partial charge in [-0.1, -0.05) is 43.2 Å². The molecule has 26 heavy (non-hydrogen) atoms. The Hall–Kier alpha value is -2.10. The van der Waals surface area contributed by atoms with Gasteiger partial charge in [0.25, 0.3) is 0 Å². The third-order valence-electron chi connectivity index (χ3n) is 7.24. The van der Waals surface area contributed by atoms with Crippen molar-refractivity contribution in [3.63, 3.8) is 0 Å². The summed E-state index contributed by atoms with van der Waals surface area (Å²) >= 11 is 0. The van der Waals surface area contributed by atoms with Crippen LogP contribution in [-0.4, -0.2) is 22.2 Å². The fraction of sp³-hybridized carbons (Fsp3) is 0.545. The maximum atomic E-state index is 13.4. The van der Waals surface area contributed by atoms with Crippen molar-refractivity contribution < 1.29 is 4.79 Å². The van der Waals surface area contributed by atoms with Crippen molar-refractivity contribution in [2.24, 2.45) is 10.8 Å². The van der Waals surface area contributed by atoms with Gasteiger partial charge in [0.15, 0.2) is 0 Å². The largest absolute Gasteiger partial charge is 0.355 e. The number of amides is 1. The summed E-state index contributed by atoms with van der Waals surface area (Å²) in [6.45, 7) is 1.68. The van der Waals surface area contributed by atoms with Crippen molar-refractivity contribution in [1.82, 2.24) is 15.1 Å². The van der Waals surface area contributed by atoms with Crippen LogP contribution in [0.1, 0.15) is 50.5 Å². The number of hydrogen-bond acceptors (Lipinski definition) is 2. The van der Waals surface area contributed by atoms with E-state index in [0.717, 1.165) is 19.5 Å². The van der Waals surface area contributed by atoms with Gasteiger partial charge in [0.1, 0.15) is 0 Å². The lowest BCUT2D eigenvalue weighted by Gasteiger charge is -2.24. The quantitative estimate of drug-likeness (QED) is 0.865. The predicted molar refractivity (Wildman–Crippen MR) is 101 cm³/mol. The van der Waals surface area contributed by atoms with Crippen LogP contribution in [-0.2, 0) is 16.8 Å². The minimum absolute atomic E-state index is 0.206. The summed E-state index contributed by atoms with van der Waals surface area (Å²) in [6.07, 6.45) is 12.2. The minimum atomic E-state index is -0.285. The van der Waals surface area contributed by atoms with Crippen molar-refractivity contribution in [3.8, 4) is 0 Å². The van der Waals surface area contributed by atoms with Crippen LogP contribution < -0.4 is 5.32 Å². The Bertz CT molecular complexity index is 788. The monoisotopic (exact) mass is 349 g/mol. The zero-order valence-corrected chi connectivity index (χ0v) is 15.3. The van der Waals surface area contributed by atoms with E-state index >= 15 is 0 Å². The molecule has 3 aliphatic carbocycles. The number of nitrogens with one attached hydrogen (secondary N) is 1. The molecule has 1 aromatic heterocycles. The van der Waals surface area contributed by atoms with E-state index in [9.17, 15) is 4.79 Å². The number of hydrogen-bond donors (Lipinski definition) is 1. The van der Waals surface area contributed by atoms with Crippen LogP contribution in [0.5, 0.6) is 0 Å². The Balaban J connectivity index is 1.33. The third kappa shape index (κ3) is 2.42. The van der Waals surface area contributed by atoms with Gasteiger partial charge in [0.05, 0.1) is 5.41 Å². The van der Waals surface area contributed by atoms with Crippen molar-refractivity contribution in [2.75, 3.05) is 6.54 Å². The first-order valence-electron chi connectivity index (χ1n) is 10.00. The molecule has 3 fully saturated rings. The summed E-state index contributed by atoms with van der Waals surface area (Å²) in [5, 5.41) is 7.71. The first-order chi connectivity index (χ1) is 12.7. The molecule has 4 nitrogen and oxygen atoms in total. The summed E-state index contributed by atoms with van der Waals surface area (Å²) < 4.78 is 2.00. The molecule has 1 aromatic carbocycles. The molecule has 1 unspecified atom stereocenters. The standard InChI is InChI=1S/C22H27N3O/c26-19(23-16-20(11-12-20)17-25-14-6-13-24-25)22(18-7-2-1-3-8-18)15-21(22)9-4-5-10-21/h1-3,6-8,13-14H,4-5,9-12,15-17H2,(H,23,26). The van der Waals surface area contributed by atoms with Gasteiger partial charge in [-0.25, -0.2) is 0 Å². The summed E-state index contributed by atoms with van der Waals surface area (Å²) in [5.41, 5.74) is 1.36.